The Bertz CT molecular complexity index is 382. The Labute approximate surface area is 103 Å². The Morgan fingerprint density at radius 2 is 1.88 bits per heavy atom. The molecule has 0 saturated carbocycles. The van der Waals surface area contributed by atoms with Gasteiger partial charge in [0.05, 0.1) is 0 Å². The highest BCUT2D eigenvalue weighted by atomic mass is 16.2. The Hall–Kier alpha value is -1.35. The van der Waals surface area contributed by atoms with Crippen molar-refractivity contribution in [3.05, 3.63) is 35.4 Å². The molecule has 3 N–H and O–H groups in total. The van der Waals surface area contributed by atoms with Crippen LogP contribution in [-0.4, -0.2) is 11.4 Å². The van der Waals surface area contributed by atoms with Crippen molar-refractivity contribution >= 4 is 5.91 Å². The van der Waals surface area contributed by atoms with E-state index in [9.17, 15) is 4.79 Å². The third kappa shape index (κ3) is 3.86. The second-order valence-corrected chi connectivity index (χ2v) is 5.12. The van der Waals surface area contributed by atoms with Crippen molar-refractivity contribution in [1.82, 2.24) is 5.32 Å². The van der Waals surface area contributed by atoms with Gasteiger partial charge < -0.3 is 11.1 Å². The minimum absolute atomic E-state index is 0.124. The molecular weight excluding hydrogens is 212 g/mol. The molecule has 1 unspecified atom stereocenters. The third-order valence-electron chi connectivity index (χ3n) is 3.06. The summed E-state index contributed by atoms with van der Waals surface area (Å²) < 4.78 is 0. The van der Waals surface area contributed by atoms with Crippen molar-refractivity contribution in [3.8, 4) is 0 Å². The molecule has 1 rings (SSSR count). The normalized spacial score (nSPS) is 13.2. The van der Waals surface area contributed by atoms with Gasteiger partial charge in [-0.05, 0) is 32.8 Å². The molecule has 3 heteroatoms. The van der Waals surface area contributed by atoms with Gasteiger partial charge in [0, 0.05) is 5.54 Å². The lowest BCUT2D eigenvalue weighted by Crippen LogP contribution is -2.46. The molecule has 0 heterocycles. The van der Waals surface area contributed by atoms with E-state index in [1.807, 2.05) is 52.0 Å². The summed E-state index contributed by atoms with van der Waals surface area (Å²) in [5.74, 6) is -0.124. The fourth-order valence-corrected chi connectivity index (χ4v) is 1.42. The number of aryl methyl sites for hydroxylation is 1. The van der Waals surface area contributed by atoms with E-state index in [1.165, 1.54) is 0 Å². The smallest absolute Gasteiger partial charge is 0.241 e. The molecule has 1 aromatic carbocycles. The van der Waals surface area contributed by atoms with Crippen LogP contribution in [0.4, 0.5) is 0 Å². The maximum Gasteiger partial charge on any atom is 0.241 e. The summed E-state index contributed by atoms with van der Waals surface area (Å²) in [6.07, 6.45) is 0.874. The SMILES string of the molecule is CCC(C)(C)NC(=O)C(N)c1ccc(C)cc1. The number of carbonyl (C=O) groups excluding carboxylic acids is 1. The van der Waals surface area contributed by atoms with E-state index in [0.29, 0.717) is 0 Å². The summed E-state index contributed by atoms with van der Waals surface area (Å²) in [5.41, 5.74) is 7.74. The highest BCUT2D eigenvalue weighted by Gasteiger charge is 2.22. The summed E-state index contributed by atoms with van der Waals surface area (Å²) in [6.45, 7) is 8.03. The van der Waals surface area contributed by atoms with Crippen LogP contribution < -0.4 is 11.1 Å². The van der Waals surface area contributed by atoms with Crippen LogP contribution in [0.25, 0.3) is 0 Å². The van der Waals surface area contributed by atoms with E-state index in [-0.39, 0.29) is 11.4 Å². The van der Waals surface area contributed by atoms with E-state index < -0.39 is 6.04 Å². The van der Waals surface area contributed by atoms with Gasteiger partial charge >= 0.3 is 0 Å². The van der Waals surface area contributed by atoms with Crippen LogP contribution in [0.15, 0.2) is 24.3 Å². The van der Waals surface area contributed by atoms with E-state index in [0.717, 1.165) is 17.5 Å². The van der Waals surface area contributed by atoms with Gasteiger partial charge in [-0.2, -0.15) is 0 Å². The first kappa shape index (κ1) is 13.7. The molecule has 1 atom stereocenters. The Morgan fingerprint density at radius 1 is 1.35 bits per heavy atom. The van der Waals surface area contributed by atoms with Gasteiger partial charge in [0.15, 0.2) is 0 Å². The molecule has 0 aliphatic carbocycles. The highest BCUT2D eigenvalue weighted by molar-refractivity contribution is 5.83. The molecule has 0 aromatic heterocycles. The molecule has 1 aromatic rings. The van der Waals surface area contributed by atoms with Gasteiger partial charge in [-0.15, -0.1) is 0 Å². The average Bonchev–Trinajstić information content (AvgIpc) is 2.28. The number of hydrogen-bond donors (Lipinski definition) is 2. The molecule has 94 valence electrons. The van der Waals surface area contributed by atoms with Crippen LogP contribution in [0.3, 0.4) is 0 Å². The summed E-state index contributed by atoms with van der Waals surface area (Å²) in [4.78, 5) is 12.0. The quantitative estimate of drug-likeness (QED) is 0.840. The number of nitrogens with two attached hydrogens (primary N) is 1. The van der Waals surface area contributed by atoms with Crippen molar-refractivity contribution < 1.29 is 4.79 Å². The predicted octanol–water partition coefficient (Wildman–Crippen LogP) is 2.30. The molecule has 0 bridgehead atoms. The molecule has 3 nitrogen and oxygen atoms in total. The number of nitrogens with one attached hydrogen (secondary N) is 1. The number of carbonyl (C=O) groups is 1. The van der Waals surface area contributed by atoms with Crippen LogP contribution in [-0.2, 0) is 4.79 Å². The fourth-order valence-electron chi connectivity index (χ4n) is 1.42. The zero-order chi connectivity index (χ0) is 13.1. The van der Waals surface area contributed by atoms with E-state index in [4.69, 9.17) is 5.73 Å². The molecule has 0 radical (unpaired) electrons. The third-order valence-corrected chi connectivity index (χ3v) is 3.06. The molecule has 0 fully saturated rings. The zero-order valence-electron chi connectivity index (χ0n) is 11.1. The fraction of sp³-hybridized carbons (Fsp3) is 0.500. The van der Waals surface area contributed by atoms with Crippen LogP contribution >= 0.6 is 0 Å². The van der Waals surface area contributed by atoms with Crippen LogP contribution in [0.2, 0.25) is 0 Å². The second-order valence-electron chi connectivity index (χ2n) is 5.12. The molecule has 17 heavy (non-hydrogen) atoms. The molecule has 0 saturated heterocycles. The monoisotopic (exact) mass is 234 g/mol. The van der Waals surface area contributed by atoms with Gasteiger partial charge in [0.1, 0.15) is 6.04 Å². The summed E-state index contributed by atoms with van der Waals surface area (Å²) in [7, 11) is 0. The lowest BCUT2D eigenvalue weighted by molar-refractivity contribution is -0.124. The number of benzene rings is 1. The Morgan fingerprint density at radius 3 is 2.35 bits per heavy atom. The average molecular weight is 234 g/mol. The topological polar surface area (TPSA) is 55.1 Å². The first-order chi connectivity index (χ1) is 7.85. The second kappa shape index (κ2) is 5.32. The van der Waals surface area contributed by atoms with Gasteiger partial charge in [-0.25, -0.2) is 0 Å². The molecule has 1 amide bonds. The van der Waals surface area contributed by atoms with Crippen molar-refractivity contribution in [3.63, 3.8) is 0 Å². The van der Waals surface area contributed by atoms with Crippen molar-refractivity contribution in [2.24, 2.45) is 5.73 Å². The minimum Gasteiger partial charge on any atom is -0.350 e. The summed E-state index contributed by atoms with van der Waals surface area (Å²) in [5, 5.41) is 2.95. The first-order valence-electron chi connectivity index (χ1n) is 6.00. The number of rotatable bonds is 4. The number of amides is 1. The van der Waals surface area contributed by atoms with Gasteiger partial charge in [-0.1, -0.05) is 36.8 Å². The highest BCUT2D eigenvalue weighted by Crippen LogP contribution is 2.14. The maximum atomic E-state index is 12.0. The minimum atomic E-state index is -0.596. The van der Waals surface area contributed by atoms with E-state index in [1.54, 1.807) is 0 Å². The first-order valence-corrected chi connectivity index (χ1v) is 6.00. The maximum absolute atomic E-state index is 12.0. The van der Waals surface area contributed by atoms with Crippen molar-refractivity contribution in [2.75, 3.05) is 0 Å². The van der Waals surface area contributed by atoms with Crippen LogP contribution in [0, 0.1) is 6.92 Å². The summed E-state index contributed by atoms with van der Waals surface area (Å²) >= 11 is 0. The molecular formula is C14H22N2O. The lowest BCUT2D eigenvalue weighted by atomic mass is 9.99. The summed E-state index contributed by atoms with van der Waals surface area (Å²) in [6, 6.07) is 7.14. The van der Waals surface area contributed by atoms with Gasteiger partial charge in [0.25, 0.3) is 0 Å². The molecule has 0 aliphatic rings. The van der Waals surface area contributed by atoms with Gasteiger partial charge in [0.2, 0.25) is 5.91 Å². The predicted molar refractivity (Wildman–Crippen MR) is 70.6 cm³/mol. The molecule has 0 spiro atoms. The van der Waals surface area contributed by atoms with E-state index >= 15 is 0 Å². The Balaban J connectivity index is 2.73. The van der Waals surface area contributed by atoms with Crippen LogP contribution in [0.5, 0.6) is 0 Å². The van der Waals surface area contributed by atoms with Gasteiger partial charge in [-0.3, -0.25) is 4.79 Å². The molecule has 0 aliphatic heterocycles. The lowest BCUT2D eigenvalue weighted by Gasteiger charge is -2.26. The Kier molecular flexibility index (Phi) is 4.29. The largest absolute Gasteiger partial charge is 0.350 e. The van der Waals surface area contributed by atoms with Crippen LogP contribution in [0.1, 0.15) is 44.4 Å². The zero-order valence-corrected chi connectivity index (χ0v) is 11.1. The van der Waals surface area contributed by atoms with E-state index in [2.05, 4.69) is 5.32 Å². The van der Waals surface area contributed by atoms with Crippen molar-refractivity contribution in [2.45, 2.75) is 45.7 Å². The van der Waals surface area contributed by atoms with Crippen molar-refractivity contribution in [1.29, 1.82) is 0 Å². The number of hydrogen-bond acceptors (Lipinski definition) is 2. The standard InChI is InChI=1S/C14H22N2O/c1-5-14(3,4)16-13(17)12(15)11-8-6-10(2)7-9-11/h6-9,12H,5,15H2,1-4H3,(H,16,17).